The van der Waals surface area contributed by atoms with E-state index in [0.29, 0.717) is 0 Å². The molecule has 3 aromatic rings. The first-order valence-electron chi connectivity index (χ1n) is 10.1. The van der Waals surface area contributed by atoms with Crippen LogP contribution < -0.4 is 15.2 Å². The molecule has 0 radical (unpaired) electrons. The van der Waals surface area contributed by atoms with Gasteiger partial charge < -0.3 is 10.5 Å². The van der Waals surface area contributed by atoms with Crippen LogP contribution in [0.2, 0.25) is 10.2 Å². The standard InChI is InChI=1S/C22H19Cl2F2N3O3S2/c23-16-8-20(34(30,31)29-22-28-21(24)11-33-22)17(26)9-19(16)32-10-15-14(2-1-3-18(15)27)12-4-6-13(25)7-5-12/h2,4-9,11,15,18H,1,3,10,27H2,(H,28,29). The number of ether oxygens (including phenoxy) is 1. The Morgan fingerprint density at radius 2 is 1.94 bits per heavy atom. The molecule has 34 heavy (non-hydrogen) atoms. The number of aromatic nitrogens is 1. The number of sulfonamides is 1. The molecule has 2 aromatic carbocycles. The number of halogens is 4. The number of nitrogens with zero attached hydrogens (tertiary/aromatic N) is 1. The highest BCUT2D eigenvalue weighted by molar-refractivity contribution is 7.93. The summed E-state index contributed by atoms with van der Waals surface area (Å²) in [4.78, 5) is 3.14. The number of nitrogens with one attached hydrogen (secondary N) is 1. The lowest BCUT2D eigenvalue weighted by Gasteiger charge is -2.30. The highest BCUT2D eigenvalue weighted by Crippen LogP contribution is 2.35. The molecule has 0 saturated heterocycles. The Bertz CT molecular complexity index is 1330. The topological polar surface area (TPSA) is 94.3 Å². The highest BCUT2D eigenvalue weighted by atomic mass is 35.5. The summed E-state index contributed by atoms with van der Waals surface area (Å²) in [5.74, 6) is -1.66. The summed E-state index contributed by atoms with van der Waals surface area (Å²) in [6.07, 6.45) is 3.52. The molecular formula is C22H19Cl2F2N3O3S2. The van der Waals surface area contributed by atoms with Crippen LogP contribution in [0.4, 0.5) is 13.9 Å². The molecule has 6 nitrogen and oxygen atoms in total. The van der Waals surface area contributed by atoms with Gasteiger partial charge in [-0.3, -0.25) is 4.72 Å². The summed E-state index contributed by atoms with van der Waals surface area (Å²) in [7, 11) is -4.30. The van der Waals surface area contributed by atoms with Crippen LogP contribution in [0.1, 0.15) is 18.4 Å². The van der Waals surface area contributed by atoms with Gasteiger partial charge in [0.15, 0.2) is 5.13 Å². The van der Waals surface area contributed by atoms with Gasteiger partial charge in [0.2, 0.25) is 0 Å². The molecule has 0 fully saturated rings. The average Bonchev–Trinajstić information content (AvgIpc) is 3.18. The lowest BCUT2D eigenvalue weighted by Crippen LogP contribution is -2.36. The Kier molecular flexibility index (Phi) is 7.44. The van der Waals surface area contributed by atoms with Crippen molar-refractivity contribution in [1.82, 2.24) is 4.98 Å². The maximum atomic E-state index is 14.8. The van der Waals surface area contributed by atoms with Gasteiger partial charge in [-0.25, -0.2) is 22.2 Å². The number of anilines is 1. The Morgan fingerprint density at radius 3 is 2.62 bits per heavy atom. The molecule has 2 atom stereocenters. The number of nitrogens with two attached hydrogens (primary N) is 1. The molecule has 1 aliphatic rings. The first-order valence-corrected chi connectivity index (χ1v) is 13.2. The van der Waals surface area contributed by atoms with Crippen LogP contribution in [0.15, 0.2) is 52.7 Å². The maximum Gasteiger partial charge on any atom is 0.266 e. The van der Waals surface area contributed by atoms with Gasteiger partial charge in [-0.05, 0) is 42.2 Å². The van der Waals surface area contributed by atoms with E-state index in [9.17, 15) is 17.2 Å². The van der Waals surface area contributed by atoms with Crippen molar-refractivity contribution in [3.8, 4) is 5.75 Å². The molecule has 0 saturated carbocycles. The molecule has 0 aliphatic heterocycles. The molecule has 3 N–H and O–H groups in total. The monoisotopic (exact) mass is 545 g/mol. The van der Waals surface area contributed by atoms with Gasteiger partial charge in [0.05, 0.1) is 11.6 Å². The first kappa shape index (κ1) is 24.9. The van der Waals surface area contributed by atoms with Gasteiger partial charge in [-0.1, -0.05) is 41.4 Å². The van der Waals surface area contributed by atoms with Crippen molar-refractivity contribution in [2.75, 3.05) is 11.3 Å². The van der Waals surface area contributed by atoms with Crippen LogP contribution >= 0.6 is 34.5 Å². The van der Waals surface area contributed by atoms with E-state index in [1.54, 1.807) is 12.1 Å². The molecule has 2 unspecified atom stereocenters. The van der Waals surface area contributed by atoms with Crippen molar-refractivity contribution in [3.63, 3.8) is 0 Å². The van der Waals surface area contributed by atoms with Crippen molar-refractivity contribution in [2.45, 2.75) is 23.8 Å². The minimum Gasteiger partial charge on any atom is -0.491 e. The fraction of sp³-hybridized carbons (Fsp3) is 0.227. The summed E-state index contributed by atoms with van der Waals surface area (Å²) in [5.41, 5.74) is 8.04. The number of benzene rings is 2. The minimum absolute atomic E-state index is 0.00718. The van der Waals surface area contributed by atoms with E-state index in [1.165, 1.54) is 17.5 Å². The zero-order valence-electron chi connectivity index (χ0n) is 17.5. The van der Waals surface area contributed by atoms with Crippen molar-refractivity contribution in [2.24, 2.45) is 11.7 Å². The van der Waals surface area contributed by atoms with Gasteiger partial charge in [0.25, 0.3) is 10.0 Å². The molecule has 0 spiro atoms. The Hall–Kier alpha value is -2.24. The molecular weight excluding hydrogens is 527 g/mol. The van der Waals surface area contributed by atoms with Crippen LogP contribution in [-0.4, -0.2) is 26.1 Å². The molecule has 1 aliphatic carbocycles. The third-order valence-electron chi connectivity index (χ3n) is 5.35. The van der Waals surface area contributed by atoms with E-state index in [0.717, 1.165) is 47.4 Å². The number of rotatable bonds is 7. The van der Waals surface area contributed by atoms with Gasteiger partial charge in [-0.2, -0.15) is 0 Å². The molecule has 1 aromatic heterocycles. The lowest BCUT2D eigenvalue weighted by atomic mass is 9.81. The highest BCUT2D eigenvalue weighted by Gasteiger charge is 2.28. The van der Waals surface area contributed by atoms with E-state index in [2.05, 4.69) is 9.71 Å². The summed E-state index contributed by atoms with van der Waals surface area (Å²) < 4.78 is 61.3. The third kappa shape index (κ3) is 5.52. The second-order valence-electron chi connectivity index (χ2n) is 7.62. The third-order valence-corrected chi connectivity index (χ3v) is 8.21. The number of thiazole rings is 1. The minimum atomic E-state index is -4.30. The second-order valence-corrected chi connectivity index (χ2v) is 10.9. The van der Waals surface area contributed by atoms with Crippen LogP contribution in [0.5, 0.6) is 5.75 Å². The molecule has 0 bridgehead atoms. The smallest absolute Gasteiger partial charge is 0.266 e. The molecule has 0 amide bonds. The summed E-state index contributed by atoms with van der Waals surface area (Å²) >= 11 is 12.9. The van der Waals surface area contributed by atoms with E-state index in [-0.39, 0.29) is 45.4 Å². The van der Waals surface area contributed by atoms with Crippen LogP contribution in [0, 0.1) is 17.6 Å². The summed E-state index contributed by atoms with van der Waals surface area (Å²) in [5, 5.41) is 1.45. The zero-order chi connectivity index (χ0) is 24.5. The van der Waals surface area contributed by atoms with Crippen molar-refractivity contribution in [3.05, 3.63) is 75.2 Å². The van der Waals surface area contributed by atoms with Gasteiger partial charge >= 0.3 is 0 Å². The number of hydrogen-bond donors (Lipinski definition) is 2. The fourth-order valence-electron chi connectivity index (χ4n) is 3.68. The summed E-state index contributed by atoms with van der Waals surface area (Å²) in [6.45, 7) is 0.0749. The van der Waals surface area contributed by atoms with Crippen molar-refractivity contribution in [1.29, 1.82) is 0 Å². The predicted molar refractivity (Wildman–Crippen MR) is 130 cm³/mol. The lowest BCUT2D eigenvalue weighted by molar-refractivity contribution is 0.252. The summed E-state index contributed by atoms with van der Waals surface area (Å²) in [6, 6.07) is 7.73. The first-order chi connectivity index (χ1) is 16.1. The van der Waals surface area contributed by atoms with Crippen LogP contribution in [0.3, 0.4) is 0 Å². The molecule has 4 rings (SSSR count). The van der Waals surface area contributed by atoms with Gasteiger partial charge in [0, 0.05) is 23.4 Å². The average molecular weight is 546 g/mol. The van der Waals surface area contributed by atoms with Gasteiger partial charge in [-0.15, -0.1) is 11.3 Å². The van der Waals surface area contributed by atoms with E-state index in [4.69, 9.17) is 33.7 Å². The Labute approximate surface area is 209 Å². The Balaban J connectivity index is 1.53. The van der Waals surface area contributed by atoms with Crippen molar-refractivity contribution >= 4 is 55.3 Å². The zero-order valence-corrected chi connectivity index (χ0v) is 20.6. The van der Waals surface area contributed by atoms with E-state index < -0.39 is 20.7 Å². The SMILES string of the molecule is NC1CCC=C(c2ccc(F)cc2)C1COc1cc(F)c(S(=O)(=O)Nc2nc(Cl)cs2)cc1Cl. The van der Waals surface area contributed by atoms with E-state index in [1.807, 2.05) is 6.08 Å². The number of allylic oxidation sites excluding steroid dienone is 1. The fourth-order valence-corrected chi connectivity index (χ4v) is 6.14. The predicted octanol–water partition coefficient (Wildman–Crippen LogP) is 5.73. The van der Waals surface area contributed by atoms with Crippen LogP contribution in [-0.2, 0) is 10.0 Å². The van der Waals surface area contributed by atoms with E-state index >= 15 is 0 Å². The quantitative estimate of drug-likeness (QED) is 0.395. The molecule has 12 heteroatoms. The molecule has 180 valence electrons. The second kappa shape index (κ2) is 10.2. The normalized spacial score (nSPS) is 18.4. The van der Waals surface area contributed by atoms with Crippen molar-refractivity contribution < 1.29 is 21.9 Å². The largest absolute Gasteiger partial charge is 0.491 e. The Morgan fingerprint density at radius 1 is 1.21 bits per heavy atom. The van der Waals surface area contributed by atoms with Gasteiger partial charge in [0.1, 0.15) is 27.4 Å². The maximum absolute atomic E-state index is 14.8. The molecule has 1 heterocycles. The number of hydrogen-bond acceptors (Lipinski definition) is 6. The van der Waals surface area contributed by atoms with Crippen LogP contribution in [0.25, 0.3) is 5.57 Å².